The third-order valence-electron chi connectivity index (χ3n) is 9.50. The van der Waals surface area contributed by atoms with E-state index in [4.69, 9.17) is 4.74 Å². The second kappa shape index (κ2) is 21.6. The van der Waals surface area contributed by atoms with Crippen molar-refractivity contribution in [3.8, 4) is 0 Å². The largest absolute Gasteiger partial charge is 0.391 e. The molecule has 0 aromatic heterocycles. The molecule has 4 aromatic carbocycles. The predicted octanol–water partition coefficient (Wildman–Crippen LogP) is 11.0. The number of rotatable bonds is 24. The highest BCUT2D eigenvalue weighted by molar-refractivity contribution is 5.49. The Morgan fingerprint density at radius 2 is 0.915 bits per heavy atom. The minimum atomic E-state index is -0.665. The van der Waals surface area contributed by atoms with E-state index < -0.39 is 11.6 Å². The van der Waals surface area contributed by atoms with Crippen LogP contribution in [0.4, 0.5) is 0 Å². The molecule has 0 aliphatic rings. The highest BCUT2D eigenvalue weighted by Crippen LogP contribution is 2.37. The van der Waals surface area contributed by atoms with Gasteiger partial charge in [-0.3, -0.25) is 5.32 Å². The van der Waals surface area contributed by atoms with Gasteiger partial charge in [-0.1, -0.05) is 212 Å². The van der Waals surface area contributed by atoms with Gasteiger partial charge in [0.2, 0.25) is 0 Å². The lowest BCUT2D eigenvalue weighted by atomic mass is 9.76. The maximum absolute atomic E-state index is 11.8. The highest BCUT2D eigenvalue weighted by Gasteiger charge is 2.39. The lowest BCUT2D eigenvalue weighted by molar-refractivity contribution is 0.0286. The van der Waals surface area contributed by atoms with Crippen LogP contribution in [0.2, 0.25) is 0 Å². The Balaban J connectivity index is 1.42. The molecule has 0 bridgehead atoms. The molecule has 0 saturated heterocycles. The molecular weight excluding hydrogens is 574 g/mol. The smallest absolute Gasteiger partial charge is 0.0951 e. The van der Waals surface area contributed by atoms with Gasteiger partial charge in [0.15, 0.2) is 0 Å². The van der Waals surface area contributed by atoms with Crippen molar-refractivity contribution in [2.24, 2.45) is 0 Å². The van der Waals surface area contributed by atoms with Gasteiger partial charge in [-0.15, -0.1) is 0 Å². The van der Waals surface area contributed by atoms with Crippen LogP contribution in [0.3, 0.4) is 0 Å². The summed E-state index contributed by atoms with van der Waals surface area (Å²) in [4.78, 5) is 0. The minimum Gasteiger partial charge on any atom is -0.391 e. The van der Waals surface area contributed by atoms with Gasteiger partial charge >= 0.3 is 0 Å². The lowest BCUT2D eigenvalue weighted by Gasteiger charge is -2.41. The first-order chi connectivity index (χ1) is 23.2. The number of nitrogens with one attached hydrogen (secondary N) is 1. The molecule has 0 amide bonds. The first-order valence-corrected chi connectivity index (χ1v) is 18.5. The highest BCUT2D eigenvalue weighted by atomic mass is 16.5. The molecule has 2 atom stereocenters. The van der Waals surface area contributed by atoms with Gasteiger partial charge in [0.25, 0.3) is 0 Å². The van der Waals surface area contributed by atoms with Gasteiger partial charge in [0.05, 0.1) is 30.9 Å². The third-order valence-corrected chi connectivity index (χ3v) is 9.50. The first kappa shape index (κ1) is 36.6. The molecule has 0 spiro atoms. The van der Waals surface area contributed by atoms with E-state index in [-0.39, 0.29) is 6.04 Å². The van der Waals surface area contributed by atoms with E-state index in [1.165, 1.54) is 70.6 Å². The topological polar surface area (TPSA) is 41.5 Å². The molecule has 0 radical (unpaired) electrons. The summed E-state index contributed by atoms with van der Waals surface area (Å²) in [6.07, 6.45) is 17.3. The van der Waals surface area contributed by atoms with Gasteiger partial charge in [-0.2, -0.15) is 0 Å². The zero-order chi connectivity index (χ0) is 32.8. The molecule has 0 heterocycles. The van der Waals surface area contributed by atoms with Crippen molar-refractivity contribution in [1.29, 1.82) is 0 Å². The molecule has 2 N–H and O–H groups in total. The molecule has 47 heavy (non-hydrogen) atoms. The molecule has 4 rings (SSSR count). The van der Waals surface area contributed by atoms with E-state index in [9.17, 15) is 5.11 Å². The molecule has 0 aliphatic heterocycles. The van der Waals surface area contributed by atoms with E-state index in [0.29, 0.717) is 13.2 Å². The van der Waals surface area contributed by atoms with Gasteiger partial charge < -0.3 is 9.84 Å². The van der Waals surface area contributed by atoms with Crippen molar-refractivity contribution in [2.75, 3.05) is 6.61 Å². The van der Waals surface area contributed by atoms with Gasteiger partial charge in [0.1, 0.15) is 0 Å². The minimum absolute atomic E-state index is 0.281. The number of aliphatic hydroxyl groups is 1. The normalized spacial score (nSPS) is 13.0. The standard InChI is InChI=1S/C44H59NO2/c1-2-3-4-5-6-7-8-9-10-11-12-13-26-35-43(46)42(37-47-36-38-27-18-14-19-28-38)45-44(39-29-20-15-21-30-39,40-31-22-16-23-32-40)41-33-24-17-25-34-41/h14-25,27-34,42-43,45-46H,2-13,26,35-37H2,1H3/t42-,43-/m0/s1. The van der Waals surface area contributed by atoms with E-state index >= 15 is 0 Å². The van der Waals surface area contributed by atoms with Crippen molar-refractivity contribution < 1.29 is 9.84 Å². The van der Waals surface area contributed by atoms with Crippen LogP contribution >= 0.6 is 0 Å². The maximum atomic E-state index is 11.8. The molecule has 3 heteroatoms. The second-order valence-electron chi connectivity index (χ2n) is 13.2. The first-order valence-electron chi connectivity index (χ1n) is 18.5. The average Bonchev–Trinajstić information content (AvgIpc) is 3.13. The van der Waals surface area contributed by atoms with Crippen LogP contribution in [0.5, 0.6) is 0 Å². The molecule has 0 fully saturated rings. The SMILES string of the molecule is CCCCCCCCCCCCCCC[C@H](O)[C@H](COCc1ccccc1)NC(c1ccccc1)(c1ccccc1)c1ccccc1. The summed E-state index contributed by atoms with van der Waals surface area (Å²) in [7, 11) is 0. The molecular formula is C44H59NO2. The molecule has 4 aromatic rings. The van der Waals surface area contributed by atoms with Crippen molar-refractivity contribution in [3.63, 3.8) is 0 Å². The number of aliphatic hydroxyl groups excluding tert-OH is 1. The predicted molar refractivity (Wildman–Crippen MR) is 199 cm³/mol. The van der Waals surface area contributed by atoms with Crippen molar-refractivity contribution >= 4 is 0 Å². The van der Waals surface area contributed by atoms with E-state index in [1.807, 2.05) is 18.2 Å². The summed E-state index contributed by atoms with van der Waals surface area (Å²) in [5, 5.41) is 15.9. The number of unbranched alkanes of at least 4 members (excludes halogenated alkanes) is 12. The van der Waals surface area contributed by atoms with Crippen molar-refractivity contribution in [1.82, 2.24) is 5.32 Å². The number of benzene rings is 4. The summed E-state index contributed by atoms with van der Waals surface area (Å²) in [5.41, 5.74) is 3.88. The van der Waals surface area contributed by atoms with Gasteiger partial charge in [-0.25, -0.2) is 0 Å². The summed E-state index contributed by atoms with van der Waals surface area (Å²) < 4.78 is 6.35. The zero-order valence-corrected chi connectivity index (χ0v) is 28.9. The Morgan fingerprint density at radius 1 is 0.532 bits per heavy atom. The van der Waals surface area contributed by atoms with Crippen LogP contribution in [-0.2, 0) is 16.9 Å². The number of hydrogen-bond donors (Lipinski definition) is 2. The van der Waals surface area contributed by atoms with Crippen molar-refractivity contribution in [2.45, 2.75) is 121 Å². The molecule has 0 aliphatic carbocycles. The van der Waals surface area contributed by atoms with Gasteiger partial charge in [0, 0.05) is 0 Å². The Bertz CT molecular complexity index is 1220. The Kier molecular flexibility index (Phi) is 16.8. The Labute approximate surface area is 285 Å². The summed E-state index contributed by atoms with van der Waals surface area (Å²) in [5.74, 6) is 0. The fourth-order valence-electron chi connectivity index (χ4n) is 6.79. The van der Waals surface area contributed by atoms with E-state index in [1.54, 1.807) is 0 Å². The van der Waals surface area contributed by atoms with Crippen LogP contribution in [0, 0.1) is 0 Å². The second-order valence-corrected chi connectivity index (χ2v) is 13.2. The number of hydrogen-bond acceptors (Lipinski definition) is 3. The van der Waals surface area contributed by atoms with Crippen LogP contribution in [0.25, 0.3) is 0 Å². The average molecular weight is 634 g/mol. The van der Waals surface area contributed by atoms with Crippen LogP contribution in [-0.4, -0.2) is 23.9 Å². The fraction of sp³-hybridized carbons (Fsp3) is 0.455. The zero-order valence-electron chi connectivity index (χ0n) is 28.9. The summed E-state index contributed by atoms with van der Waals surface area (Å²) in [6.45, 7) is 3.20. The third kappa shape index (κ3) is 12.1. The molecule has 0 unspecified atom stereocenters. The van der Waals surface area contributed by atoms with Crippen LogP contribution in [0.15, 0.2) is 121 Å². The lowest BCUT2D eigenvalue weighted by Crippen LogP contribution is -2.55. The quantitative estimate of drug-likeness (QED) is 0.0596. The molecule has 252 valence electrons. The monoisotopic (exact) mass is 633 g/mol. The van der Waals surface area contributed by atoms with E-state index in [2.05, 4.69) is 115 Å². The number of ether oxygens (including phenoxy) is 1. The molecule has 3 nitrogen and oxygen atoms in total. The van der Waals surface area contributed by atoms with Gasteiger partial charge in [-0.05, 0) is 28.7 Å². The maximum Gasteiger partial charge on any atom is 0.0951 e. The summed E-state index contributed by atoms with van der Waals surface area (Å²) >= 11 is 0. The van der Waals surface area contributed by atoms with Crippen LogP contribution in [0.1, 0.15) is 119 Å². The molecule has 0 saturated carbocycles. The Morgan fingerprint density at radius 3 is 1.34 bits per heavy atom. The summed E-state index contributed by atoms with van der Waals surface area (Å²) in [6, 6.07) is 41.9. The Hall–Kier alpha value is -3.24. The van der Waals surface area contributed by atoms with E-state index in [0.717, 1.165) is 41.5 Å². The van der Waals surface area contributed by atoms with Crippen LogP contribution < -0.4 is 5.32 Å². The van der Waals surface area contributed by atoms with Crippen molar-refractivity contribution in [3.05, 3.63) is 144 Å². The fourth-order valence-corrected chi connectivity index (χ4v) is 6.79.